The van der Waals surface area contributed by atoms with Crippen LogP contribution in [0.3, 0.4) is 0 Å². The topological polar surface area (TPSA) is 78.9 Å². The molecule has 2 N–H and O–H groups in total. The van der Waals surface area contributed by atoms with E-state index in [0.29, 0.717) is 30.9 Å². The van der Waals surface area contributed by atoms with Crippen LogP contribution in [0.25, 0.3) is 0 Å². The Hall–Kier alpha value is -2.01. The summed E-state index contributed by atoms with van der Waals surface area (Å²) in [4.78, 5) is 22.7. The number of aromatic amines is 1. The highest BCUT2D eigenvalue weighted by Gasteiger charge is 2.11. The molecule has 2 aromatic rings. The number of hydrogen-bond donors (Lipinski definition) is 2. The van der Waals surface area contributed by atoms with Crippen molar-refractivity contribution in [2.75, 3.05) is 0 Å². The molecule has 0 bridgehead atoms. The van der Waals surface area contributed by atoms with Crippen LogP contribution >= 0.6 is 0 Å². The van der Waals surface area contributed by atoms with E-state index in [1.807, 2.05) is 19.1 Å². The summed E-state index contributed by atoms with van der Waals surface area (Å²) in [5.74, 6) is 0.941. The molecule has 1 unspecified atom stereocenters. The molecule has 0 saturated carbocycles. The summed E-state index contributed by atoms with van der Waals surface area (Å²) >= 11 is 0. The van der Waals surface area contributed by atoms with E-state index >= 15 is 0 Å². The highest BCUT2D eigenvalue weighted by atomic mass is 16.3. The fraction of sp³-hybridized carbons (Fsp3) is 0.500. The zero-order valence-corrected chi connectivity index (χ0v) is 13.7. The van der Waals surface area contributed by atoms with Crippen molar-refractivity contribution in [1.82, 2.24) is 15.0 Å². The number of unbranched alkanes of at least 4 members (excludes halogenated alkanes) is 2. The van der Waals surface area contributed by atoms with Crippen molar-refractivity contribution < 1.29 is 9.90 Å². The lowest BCUT2D eigenvalue weighted by Gasteiger charge is -2.07. The monoisotopic (exact) mass is 315 g/mol. The van der Waals surface area contributed by atoms with Crippen LogP contribution in [0.1, 0.15) is 68.6 Å². The van der Waals surface area contributed by atoms with Crippen LogP contribution in [0, 0.1) is 0 Å². The Balaban J connectivity index is 1.73. The number of nitrogens with zero attached hydrogens (tertiary/aromatic N) is 2. The minimum Gasteiger partial charge on any atom is -0.385 e. The van der Waals surface area contributed by atoms with Crippen LogP contribution in [0.2, 0.25) is 0 Å². The molecule has 1 atom stereocenters. The number of H-pyrrole nitrogens is 1. The molecular weight excluding hydrogens is 290 g/mol. The van der Waals surface area contributed by atoms with Gasteiger partial charge in [0.1, 0.15) is 17.7 Å². The van der Waals surface area contributed by atoms with E-state index < -0.39 is 6.10 Å². The van der Waals surface area contributed by atoms with Gasteiger partial charge in [-0.05, 0) is 30.5 Å². The van der Waals surface area contributed by atoms with E-state index in [1.54, 1.807) is 18.6 Å². The van der Waals surface area contributed by atoms with E-state index in [9.17, 15) is 9.90 Å². The fourth-order valence-electron chi connectivity index (χ4n) is 2.51. The number of carbonyl (C=O) groups is 1. The molecule has 124 valence electrons. The first-order valence-electron chi connectivity index (χ1n) is 8.31. The number of Topliss-reactive ketones (excluding diaryl/α,β-unsaturated/α-hetero) is 1. The summed E-state index contributed by atoms with van der Waals surface area (Å²) in [5.41, 5.74) is 2.14. The number of carbonyl (C=O) groups excluding carboxylic acids is 1. The van der Waals surface area contributed by atoms with Gasteiger partial charge in [0.15, 0.2) is 0 Å². The number of nitrogens with one attached hydrogen (secondary N) is 1. The van der Waals surface area contributed by atoms with Gasteiger partial charge >= 0.3 is 0 Å². The van der Waals surface area contributed by atoms with E-state index in [0.717, 1.165) is 36.9 Å². The predicted octanol–water partition coefficient (Wildman–Crippen LogP) is 3.36. The van der Waals surface area contributed by atoms with Crippen LogP contribution in [0.5, 0.6) is 0 Å². The maximum atomic E-state index is 11.2. The molecule has 0 amide bonds. The van der Waals surface area contributed by atoms with Crippen LogP contribution in [0.15, 0.2) is 30.7 Å². The number of aromatic nitrogens is 3. The van der Waals surface area contributed by atoms with Gasteiger partial charge < -0.3 is 10.1 Å². The highest BCUT2D eigenvalue weighted by molar-refractivity contribution is 5.77. The molecule has 0 aliphatic carbocycles. The molecule has 5 heteroatoms. The molecule has 2 aromatic heterocycles. The Kier molecular flexibility index (Phi) is 6.94. The second kappa shape index (κ2) is 9.20. The molecule has 2 heterocycles. The largest absolute Gasteiger partial charge is 0.385 e. The zero-order chi connectivity index (χ0) is 16.5. The van der Waals surface area contributed by atoms with Gasteiger partial charge in [0.2, 0.25) is 0 Å². The SMILES string of the molecule is CCC(=O)CCCCCC(O)c1ncc(Cc2ccncc2)[nH]1. The van der Waals surface area contributed by atoms with Crippen molar-refractivity contribution in [2.24, 2.45) is 0 Å². The number of rotatable bonds is 10. The van der Waals surface area contributed by atoms with Crippen molar-refractivity contribution in [1.29, 1.82) is 0 Å². The number of aliphatic hydroxyl groups excluding tert-OH is 1. The number of pyridine rings is 1. The summed E-state index contributed by atoms with van der Waals surface area (Å²) in [6.45, 7) is 1.90. The second-order valence-corrected chi connectivity index (χ2v) is 5.83. The summed E-state index contributed by atoms with van der Waals surface area (Å²) in [6.07, 6.45) is 10.2. The lowest BCUT2D eigenvalue weighted by atomic mass is 10.1. The summed E-state index contributed by atoms with van der Waals surface area (Å²) in [5, 5.41) is 10.2. The molecule has 23 heavy (non-hydrogen) atoms. The van der Waals surface area contributed by atoms with Crippen molar-refractivity contribution in [2.45, 2.75) is 58.0 Å². The Labute approximate surface area is 137 Å². The lowest BCUT2D eigenvalue weighted by molar-refractivity contribution is -0.118. The van der Waals surface area contributed by atoms with Crippen molar-refractivity contribution in [3.8, 4) is 0 Å². The first kappa shape index (κ1) is 17.3. The normalized spacial score (nSPS) is 12.3. The van der Waals surface area contributed by atoms with Crippen LogP contribution in [-0.4, -0.2) is 25.8 Å². The minimum absolute atomic E-state index is 0.317. The van der Waals surface area contributed by atoms with Crippen molar-refractivity contribution >= 4 is 5.78 Å². The molecule has 0 spiro atoms. The number of aliphatic hydroxyl groups is 1. The molecule has 0 aliphatic heterocycles. The van der Waals surface area contributed by atoms with Gasteiger partial charge in [-0.25, -0.2) is 4.98 Å². The average Bonchev–Trinajstić information content (AvgIpc) is 3.03. The van der Waals surface area contributed by atoms with E-state index in [1.165, 1.54) is 0 Å². The average molecular weight is 315 g/mol. The van der Waals surface area contributed by atoms with Gasteiger partial charge in [-0.15, -0.1) is 0 Å². The van der Waals surface area contributed by atoms with Gasteiger partial charge in [-0.3, -0.25) is 9.78 Å². The molecule has 2 rings (SSSR count). The van der Waals surface area contributed by atoms with Crippen LogP contribution in [0.4, 0.5) is 0 Å². The van der Waals surface area contributed by atoms with E-state index in [2.05, 4.69) is 15.0 Å². The van der Waals surface area contributed by atoms with Gasteiger partial charge in [0.05, 0.1) is 0 Å². The van der Waals surface area contributed by atoms with Crippen molar-refractivity contribution in [3.05, 3.63) is 47.8 Å². The number of ketones is 1. The number of imidazole rings is 1. The van der Waals surface area contributed by atoms with Crippen molar-refractivity contribution in [3.63, 3.8) is 0 Å². The molecular formula is C18H25N3O2. The Morgan fingerprint density at radius 2 is 2.04 bits per heavy atom. The quantitative estimate of drug-likeness (QED) is 0.659. The third-order valence-corrected chi connectivity index (χ3v) is 3.94. The molecule has 0 saturated heterocycles. The van der Waals surface area contributed by atoms with Gasteiger partial charge in [0.25, 0.3) is 0 Å². The third-order valence-electron chi connectivity index (χ3n) is 3.94. The smallest absolute Gasteiger partial charge is 0.135 e. The Bertz CT molecular complexity index is 595. The van der Waals surface area contributed by atoms with Gasteiger partial charge in [-0.1, -0.05) is 19.8 Å². The van der Waals surface area contributed by atoms with Gasteiger partial charge in [0, 0.05) is 43.5 Å². The maximum absolute atomic E-state index is 11.2. The second-order valence-electron chi connectivity index (χ2n) is 5.83. The Morgan fingerprint density at radius 3 is 2.78 bits per heavy atom. The summed E-state index contributed by atoms with van der Waals surface area (Å²) in [6, 6.07) is 3.93. The lowest BCUT2D eigenvalue weighted by Crippen LogP contribution is -2.01. The van der Waals surface area contributed by atoms with Crippen LogP contribution < -0.4 is 0 Å². The van der Waals surface area contributed by atoms with Gasteiger partial charge in [-0.2, -0.15) is 0 Å². The van der Waals surface area contributed by atoms with Crippen LogP contribution in [-0.2, 0) is 11.2 Å². The van der Waals surface area contributed by atoms with E-state index in [-0.39, 0.29) is 0 Å². The zero-order valence-electron chi connectivity index (χ0n) is 13.7. The standard InChI is InChI=1S/C18H25N3O2/c1-2-16(22)6-4-3-5-7-17(23)18-20-13-15(21-18)12-14-8-10-19-11-9-14/h8-11,13,17,23H,2-7,12H2,1H3,(H,20,21). The Morgan fingerprint density at radius 1 is 1.26 bits per heavy atom. The summed E-state index contributed by atoms with van der Waals surface area (Å²) in [7, 11) is 0. The summed E-state index contributed by atoms with van der Waals surface area (Å²) < 4.78 is 0. The highest BCUT2D eigenvalue weighted by Crippen LogP contribution is 2.18. The first-order chi connectivity index (χ1) is 11.2. The van der Waals surface area contributed by atoms with E-state index in [4.69, 9.17) is 0 Å². The molecule has 5 nitrogen and oxygen atoms in total. The molecule has 0 aliphatic rings. The molecule has 0 radical (unpaired) electrons. The minimum atomic E-state index is -0.567. The fourth-order valence-corrected chi connectivity index (χ4v) is 2.51. The number of hydrogen-bond acceptors (Lipinski definition) is 4. The third kappa shape index (κ3) is 5.94. The molecule has 0 fully saturated rings. The predicted molar refractivity (Wildman–Crippen MR) is 89.0 cm³/mol. The molecule has 0 aromatic carbocycles. The first-order valence-corrected chi connectivity index (χ1v) is 8.31. The maximum Gasteiger partial charge on any atom is 0.135 e.